The zero-order chi connectivity index (χ0) is 13.8. The van der Waals surface area contributed by atoms with E-state index in [0.717, 1.165) is 9.75 Å². The third kappa shape index (κ3) is 3.06. The molecule has 0 bridgehead atoms. The molecule has 0 unspecified atom stereocenters. The zero-order valence-corrected chi connectivity index (χ0v) is 11.0. The summed E-state index contributed by atoms with van der Waals surface area (Å²) in [4.78, 5) is 12.4. The Hall–Kier alpha value is -2.45. The summed E-state index contributed by atoms with van der Waals surface area (Å²) in [5.74, 6) is 0. The molecule has 0 aliphatic heterocycles. The minimum absolute atomic E-state index is 0.0130. The molecule has 0 spiro atoms. The van der Waals surface area contributed by atoms with E-state index in [2.05, 4.69) is 6.07 Å². The molecule has 0 radical (unpaired) electrons. The Bertz CT molecular complexity index is 695. The van der Waals surface area contributed by atoms with Gasteiger partial charge in [0.05, 0.1) is 16.6 Å². The molecule has 0 N–H and O–H groups in total. The number of non-ortho nitro benzene ring substituents is 1. The third-order valence-corrected chi connectivity index (χ3v) is 3.48. The second kappa shape index (κ2) is 5.46. The summed E-state index contributed by atoms with van der Waals surface area (Å²) in [6.07, 6.45) is 1.75. The molecule has 1 heterocycles. The fourth-order valence-corrected chi connectivity index (χ4v) is 2.46. The molecule has 2 rings (SSSR count). The van der Waals surface area contributed by atoms with E-state index in [0.29, 0.717) is 11.1 Å². The topological polar surface area (TPSA) is 66.9 Å². The van der Waals surface area contributed by atoms with Crippen LogP contribution < -0.4 is 0 Å². The number of benzene rings is 1. The highest BCUT2D eigenvalue weighted by Crippen LogP contribution is 2.24. The van der Waals surface area contributed by atoms with E-state index < -0.39 is 4.92 Å². The van der Waals surface area contributed by atoms with Crippen LogP contribution in [0.5, 0.6) is 0 Å². The predicted octanol–water partition coefficient (Wildman–Crippen LogP) is 4.03. The second-order valence-corrected chi connectivity index (χ2v) is 5.25. The number of allylic oxidation sites excluding steroid dienone is 1. The SMILES string of the molecule is Cc1ccc(/C=C(/C#N)c2cccc([N+](=O)[O-])c2)s1. The highest BCUT2D eigenvalue weighted by Gasteiger charge is 2.09. The van der Waals surface area contributed by atoms with Crippen molar-refractivity contribution in [3.05, 3.63) is 61.8 Å². The summed E-state index contributed by atoms with van der Waals surface area (Å²) in [6, 6.07) is 12.1. The van der Waals surface area contributed by atoms with Crippen LogP contribution in [0.15, 0.2) is 36.4 Å². The van der Waals surface area contributed by atoms with Gasteiger partial charge < -0.3 is 0 Å². The van der Waals surface area contributed by atoms with Crippen molar-refractivity contribution in [2.75, 3.05) is 0 Å². The average molecular weight is 270 g/mol. The zero-order valence-electron chi connectivity index (χ0n) is 10.2. The standard InChI is InChI=1S/C14H10N2O2S/c1-10-5-6-14(19-10)8-12(9-15)11-3-2-4-13(7-11)16(17)18/h2-8H,1H3/b12-8-. The lowest BCUT2D eigenvalue weighted by Crippen LogP contribution is -1.89. The highest BCUT2D eigenvalue weighted by molar-refractivity contribution is 7.12. The molecular weight excluding hydrogens is 260 g/mol. The van der Waals surface area contributed by atoms with Crippen LogP contribution in [0, 0.1) is 28.4 Å². The van der Waals surface area contributed by atoms with Gasteiger partial charge in [0.1, 0.15) is 0 Å². The molecule has 0 aliphatic carbocycles. The first-order valence-electron chi connectivity index (χ1n) is 5.53. The van der Waals surface area contributed by atoms with Crippen molar-refractivity contribution in [3.8, 4) is 6.07 Å². The first-order valence-corrected chi connectivity index (χ1v) is 6.35. The van der Waals surface area contributed by atoms with Crippen molar-refractivity contribution < 1.29 is 4.92 Å². The molecule has 0 saturated heterocycles. The maximum absolute atomic E-state index is 10.7. The van der Waals surface area contributed by atoms with E-state index in [1.54, 1.807) is 29.5 Å². The van der Waals surface area contributed by atoms with Crippen LogP contribution in [0.3, 0.4) is 0 Å². The molecule has 94 valence electrons. The number of hydrogen-bond donors (Lipinski definition) is 0. The van der Waals surface area contributed by atoms with Gasteiger partial charge in [-0.3, -0.25) is 10.1 Å². The van der Waals surface area contributed by atoms with Gasteiger partial charge >= 0.3 is 0 Å². The maximum atomic E-state index is 10.7. The number of nitro benzene ring substituents is 1. The molecule has 0 atom stereocenters. The van der Waals surface area contributed by atoms with Gasteiger partial charge in [0.15, 0.2) is 0 Å². The van der Waals surface area contributed by atoms with Gasteiger partial charge in [-0.2, -0.15) is 5.26 Å². The van der Waals surface area contributed by atoms with Gasteiger partial charge in [0.25, 0.3) is 5.69 Å². The van der Waals surface area contributed by atoms with Gasteiger partial charge in [-0.05, 0) is 30.7 Å². The maximum Gasteiger partial charge on any atom is 0.270 e. The second-order valence-electron chi connectivity index (χ2n) is 3.93. The number of thiophene rings is 1. The smallest absolute Gasteiger partial charge is 0.258 e. The number of hydrogen-bond acceptors (Lipinski definition) is 4. The summed E-state index contributed by atoms with van der Waals surface area (Å²) in [5.41, 5.74) is 0.967. The highest BCUT2D eigenvalue weighted by atomic mass is 32.1. The Morgan fingerprint density at radius 1 is 1.42 bits per heavy atom. The lowest BCUT2D eigenvalue weighted by Gasteiger charge is -1.98. The van der Waals surface area contributed by atoms with E-state index in [-0.39, 0.29) is 5.69 Å². The number of aryl methyl sites for hydroxylation is 1. The molecule has 0 saturated carbocycles. The van der Waals surface area contributed by atoms with Crippen molar-refractivity contribution in [1.82, 2.24) is 0 Å². The molecule has 0 aliphatic rings. The van der Waals surface area contributed by atoms with E-state index in [1.165, 1.54) is 12.1 Å². The fourth-order valence-electron chi connectivity index (χ4n) is 1.64. The van der Waals surface area contributed by atoms with Crippen molar-refractivity contribution in [2.45, 2.75) is 6.92 Å². The summed E-state index contributed by atoms with van der Waals surface area (Å²) >= 11 is 1.58. The Morgan fingerprint density at radius 2 is 2.21 bits per heavy atom. The Labute approximate surface area is 114 Å². The molecule has 1 aromatic carbocycles. The van der Waals surface area contributed by atoms with Crippen molar-refractivity contribution >= 4 is 28.7 Å². The van der Waals surface area contributed by atoms with E-state index in [1.807, 2.05) is 19.1 Å². The van der Waals surface area contributed by atoms with Gasteiger partial charge in [-0.15, -0.1) is 11.3 Å². The summed E-state index contributed by atoms with van der Waals surface area (Å²) < 4.78 is 0. The minimum Gasteiger partial charge on any atom is -0.258 e. The average Bonchev–Trinajstić information content (AvgIpc) is 2.81. The molecule has 1 aromatic heterocycles. The predicted molar refractivity (Wildman–Crippen MR) is 75.6 cm³/mol. The van der Waals surface area contributed by atoms with Crippen LogP contribution in [0.1, 0.15) is 15.3 Å². The number of rotatable bonds is 3. The van der Waals surface area contributed by atoms with E-state index >= 15 is 0 Å². The van der Waals surface area contributed by atoms with Crippen LogP contribution >= 0.6 is 11.3 Å². The van der Waals surface area contributed by atoms with Crippen LogP contribution in [-0.2, 0) is 0 Å². The van der Waals surface area contributed by atoms with Crippen LogP contribution in [0.4, 0.5) is 5.69 Å². The van der Waals surface area contributed by atoms with Crippen LogP contribution in [0.25, 0.3) is 11.6 Å². The quantitative estimate of drug-likeness (QED) is 0.480. The molecule has 2 aromatic rings. The lowest BCUT2D eigenvalue weighted by molar-refractivity contribution is -0.384. The van der Waals surface area contributed by atoms with Gasteiger partial charge in [0, 0.05) is 21.9 Å². The minimum atomic E-state index is -0.464. The van der Waals surface area contributed by atoms with Crippen LogP contribution in [-0.4, -0.2) is 4.92 Å². The lowest BCUT2D eigenvalue weighted by atomic mass is 10.1. The molecular formula is C14H10N2O2S. The van der Waals surface area contributed by atoms with Crippen molar-refractivity contribution in [3.63, 3.8) is 0 Å². The van der Waals surface area contributed by atoms with E-state index in [4.69, 9.17) is 0 Å². The van der Waals surface area contributed by atoms with Crippen molar-refractivity contribution in [1.29, 1.82) is 5.26 Å². The Kier molecular flexibility index (Phi) is 3.74. The third-order valence-electron chi connectivity index (χ3n) is 2.54. The van der Waals surface area contributed by atoms with Crippen LogP contribution in [0.2, 0.25) is 0 Å². The Morgan fingerprint density at radius 3 is 2.79 bits per heavy atom. The first-order chi connectivity index (χ1) is 9.10. The summed E-state index contributed by atoms with van der Waals surface area (Å²) in [6.45, 7) is 1.99. The largest absolute Gasteiger partial charge is 0.270 e. The van der Waals surface area contributed by atoms with E-state index in [9.17, 15) is 15.4 Å². The molecule has 5 heteroatoms. The molecule has 0 fully saturated rings. The summed E-state index contributed by atoms with van der Waals surface area (Å²) in [5, 5.41) is 19.9. The summed E-state index contributed by atoms with van der Waals surface area (Å²) in [7, 11) is 0. The van der Waals surface area contributed by atoms with Gasteiger partial charge in [-0.1, -0.05) is 12.1 Å². The molecule has 19 heavy (non-hydrogen) atoms. The number of nitriles is 1. The number of nitrogens with zero attached hydrogens (tertiary/aromatic N) is 2. The normalized spacial score (nSPS) is 11.1. The van der Waals surface area contributed by atoms with Crippen molar-refractivity contribution in [2.24, 2.45) is 0 Å². The monoisotopic (exact) mass is 270 g/mol. The first kappa shape index (κ1) is 13.0. The number of nitro groups is 1. The van der Waals surface area contributed by atoms with Gasteiger partial charge in [-0.25, -0.2) is 0 Å². The Balaban J connectivity index is 2.43. The molecule has 4 nitrogen and oxygen atoms in total. The van der Waals surface area contributed by atoms with Gasteiger partial charge in [0.2, 0.25) is 0 Å². The fraction of sp³-hybridized carbons (Fsp3) is 0.0714. The molecule has 0 amide bonds.